The smallest absolute Gasteiger partial charge is 0.337 e. The number of nitrogen functional groups attached to an aromatic ring is 1. The van der Waals surface area contributed by atoms with Crippen LogP contribution in [-0.2, 0) is 28.7 Å². The minimum atomic E-state index is -1.75. The average Bonchev–Trinajstić information content (AvgIpc) is 2.73. The predicted octanol–water partition coefficient (Wildman–Crippen LogP) is 1.52. The second-order valence-corrected chi connectivity index (χ2v) is 9.03. The van der Waals surface area contributed by atoms with Gasteiger partial charge < -0.3 is 36.2 Å². The highest BCUT2D eigenvalue weighted by atomic mass is 16.5. The summed E-state index contributed by atoms with van der Waals surface area (Å²) >= 11 is 0. The third-order valence-electron chi connectivity index (χ3n) is 6.41. The third-order valence-corrected chi connectivity index (χ3v) is 6.41. The molecule has 1 saturated carbocycles. The number of nitrogens with one attached hydrogen (secondary N) is 1. The first-order chi connectivity index (χ1) is 16.8. The van der Waals surface area contributed by atoms with Gasteiger partial charge in [-0.1, -0.05) is 0 Å². The quantitative estimate of drug-likeness (QED) is 0.184. The van der Waals surface area contributed by atoms with Crippen molar-refractivity contribution in [2.75, 3.05) is 18.2 Å². The fraction of sp³-hybridized carbons (Fsp3) is 0.478. The van der Waals surface area contributed by atoms with Gasteiger partial charge in [0, 0.05) is 30.6 Å². The average molecular weight is 508 g/mol. The molecule has 196 valence electrons. The number of benzene rings is 1. The molecule has 1 aliphatic carbocycles. The number of carbonyl (C=O) groups excluding carboxylic acids is 2. The lowest BCUT2D eigenvalue weighted by Gasteiger charge is -2.46. The zero-order valence-corrected chi connectivity index (χ0v) is 19.4. The number of esters is 1. The highest BCUT2D eigenvalue weighted by Crippen LogP contribution is 2.51. The maximum atomic E-state index is 13.5. The van der Waals surface area contributed by atoms with Crippen LogP contribution in [0.25, 0.3) is 0 Å². The highest BCUT2D eigenvalue weighted by Gasteiger charge is 2.52. The number of aliphatic carboxylic acids is 4. The van der Waals surface area contributed by atoms with Crippen molar-refractivity contribution < 1.29 is 53.9 Å². The van der Waals surface area contributed by atoms with Crippen LogP contribution >= 0.6 is 0 Å². The number of ether oxygens (including phenoxy) is 1. The number of methoxy groups -OCH3 is 1. The Balaban J connectivity index is 2.54. The van der Waals surface area contributed by atoms with Gasteiger partial charge in [-0.15, -0.1) is 0 Å². The molecule has 0 bridgehead atoms. The summed E-state index contributed by atoms with van der Waals surface area (Å²) in [5, 5.41) is 40.3. The minimum Gasteiger partial charge on any atom is -0.481 e. The predicted molar refractivity (Wildman–Crippen MR) is 122 cm³/mol. The van der Waals surface area contributed by atoms with Crippen LogP contribution in [0.1, 0.15) is 48.9 Å². The lowest BCUT2D eigenvalue weighted by Crippen LogP contribution is -2.49. The lowest BCUT2D eigenvalue weighted by atomic mass is 9.57. The summed E-state index contributed by atoms with van der Waals surface area (Å²) in [4.78, 5) is 71.8. The topological polar surface area (TPSA) is 231 Å². The highest BCUT2D eigenvalue weighted by molar-refractivity contribution is 5.99. The molecule has 3 unspecified atom stereocenters. The molecule has 1 amide bonds. The zero-order chi connectivity index (χ0) is 27.2. The Bertz CT molecular complexity index is 1040. The number of carboxylic acid groups (broad SMARTS) is 4. The number of rotatable bonds is 11. The van der Waals surface area contributed by atoms with Crippen molar-refractivity contribution in [2.45, 2.75) is 38.5 Å². The van der Waals surface area contributed by atoms with Gasteiger partial charge in [-0.2, -0.15) is 0 Å². The maximum absolute atomic E-state index is 13.5. The first-order valence-electron chi connectivity index (χ1n) is 10.9. The number of carboxylic acids is 4. The Kier molecular flexibility index (Phi) is 8.98. The molecule has 0 saturated heterocycles. The normalized spacial score (nSPS) is 23.3. The summed E-state index contributed by atoms with van der Waals surface area (Å²) in [6.45, 7) is 0. The Morgan fingerprint density at radius 2 is 1.42 bits per heavy atom. The van der Waals surface area contributed by atoms with E-state index < -0.39 is 84.6 Å². The van der Waals surface area contributed by atoms with Gasteiger partial charge in [0.2, 0.25) is 5.91 Å². The summed E-state index contributed by atoms with van der Waals surface area (Å²) in [7, 11) is 1.15. The van der Waals surface area contributed by atoms with E-state index in [1.807, 2.05) is 0 Å². The van der Waals surface area contributed by atoms with E-state index in [-0.39, 0.29) is 29.8 Å². The SMILES string of the molecule is COC(=O)c1cc(N)cc(NC(=O)C2(CC(=O)O)CC(CC(=O)O)C(CC(=O)O)[C@H](CC(=O)O)C2)c1. The molecular weight excluding hydrogens is 480 g/mol. The van der Waals surface area contributed by atoms with Gasteiger partial charge in [0.25, 0.3) is 0 Å². The molecule has 13 heteroatoms. The van der Waals surface area contributed by atoms with E-state index in [2.05, 4.69) is 10.1 Å². The van der Waals surface area contributed by atoms with E-state index in [9.17, 15) is 49.2 Å². The Hall–Kier alpha value is -4.16. The molecule has 1 aliphatic rings. The van der Waals surface area contributed by atoms with Crippen molar-refractivity contribution in [3.63, 3.8) is 0 Å². The first kappa shape index (κ1) is 28.1. The molecule has 0 aliphatic heterocycles. The van der Waals surface area contributed by atoms with E-state index >= 15 is 0 Å². The minimum absolute atomic E-state index is 0.0118. The van der Waals surface area contributed by atoms with Gasteiger partial charge in [0.1, 0.15) is 0 Å². The molecule has 1 aromatic carbocycles. The van der Waals surface area contributed by atoms with Crippen LogP contribution < -0.4 is 11.1 Å². The Labute approximate surface area is 205 Å². The summed E-state index contributed by atoms with van der Waals surface area (Å²) in [5.74, 6) is -9.68. The molecule has 7 N–H and O–H groups in total. The van der Waals surface area contributed by atoms with Crippen LogP contribution in [0.15, 0.2) is 18.2 Å². The van der Waals surface area contributed by atoms with Crippen molar-refractivity contribution in [3.05, 3.63) is 23.8 Å². The standard InChI is InChI=1S/C23H28N2O11/c1-36-21(34)11-2-14(24)6-15(3-11)25-22(35)23(10-20(32)33)8-12(4-17(26)27)16(7-19(30)31)13(9-23)5-18(28)29/h2-3,6,12-13,16H,4-5,7-10,24H2,1H3,(H,25,35)(H,26,27)(H,28,29)(H,30,31)(H,32,33)/t12-,13?,16?,23?/m1/s1. The molecule has 36 heavy (non-hydrogen) atoms. The van der Waals surface area contributed by atoms with Crippen molar-refractivity contribution >= 4 is 47.1 Å². The van der Waals surface area contributed by atoms with Crippen LogP contribution in [-0.4, -0.2) is 63.3 Å². The summed E-state index contributed by atoms with van der Waals surface area (Å²) < 4.78 is 4.64. The number of anilines is 2. The fourth-order valence-corrected chi connectivity index (χ4v) is 5.13. The first-order valence-corrected chi connectivity index (χ1v) is 10.9. The number of hydrogen-bond donors (Lipinski definition) is 6. The number of amides is 1. The van der Waals surface area contributed by atoms with Gasteiger partial charge in [-0.3, -0.25) is 24.0 Å². The van der Waals surface area contributed by atoms with Crippen LogP contribution in [0, 0.1) is 23.2 Å². The summed E-state index contributed by atoms with van der Waals surface area (Å²) in [5.41, 5.74) is 4.20. The van der Waals surface area contributed by atoms with Crippen LogP contribution in [0.3, 0.4) is 0 Å². The molecule has 1 aromatic rings. The van der Waals surface area contributed by atoms with Crippen molar-refractivity contribution in [3.8, 4) is 0 Å². The van der Waals surface area contributed by atoms with Gasteiger partial charge >= 0.3 is 29.8 Å². The number of nitrogens with two attached hydrogens (primary N) is 1. The van der Waals surface area contributed by atoms with Gasteiger partial charge in [0.15, 0.2) is 0 Å². The van der Waals surface area contributed by atoms with E-state index in [4.69, 9.17) is 5.73 Å². The van der Waals surface area contributed by atoms with Gasteiger partial charge in [-0.05, 0) is 48.8 Å². The summed E-state index contributed by atoms with van der Waals surface area (Å²) in [6.07, 6.45) is -3.02. The number of hydrogen-bond acceptors (Lipinski definition) is 8. The second kappa shape index (κ2) is 11.5. The zero-order valence-electron chi connectivity index (χ0n) is 19.4. The van der Waals surface area contributed by atoms with Crippen molar-refractivity contribution in [1.82, 2.24) is 0 Å². The number of carbonyl (C=O) groups is 6. The largest absolute Gasteiger partial charge is 0.481 e. The molecule has 13 nitrogen and oxygen atoms in total. The van der Waals surface area contributed by atoms with Crippen molar-refractivity contribution in [2.24, 2.45) is 23.2 Å². The Morgan fingerprint density at radius 3 is 1.86 bits per heavy atom. The molecule has 0 radical (unpaired) electrons. The van der Waals surface area contributed by atoms with Crippen LogP contribution in [0.4, 0.5) is 11.4 Å². The molecule has 0 heterocycles. The van der Waals surface area contributed by atoms with E-state index in [0.717, 1.165) is 7.11 Å². The van der Waals surface area contributed by atoms with E-state index in [0.29, 0.717) is 0 Å². The van der Waals surface area contributed by atoms with Crippen molar-refractivity contribution in [1.29, 1.82) is 0 Å². The fourth-order valence-electron chi connectivity index (χ4n) is 5.13. The van der Waals surface area contributed by atoms with Gasteiger partial charge in [0.05, 0.1) is 24.5 Å². The van der Waals surface area contributed by atoms with E-state index in [1.54, 1.807) is 0 Å². The third kappa shape index (κ3) is 7.17. The van der Waals surface area contributed by atoms with E-state index in [1.165, 1.54) is 18.2 Å². The maximum Gasteiger partial charge on any atom is 0.337 e. The Morgan fingerprint density at radius 1 is 0.889 bits per heavy atom. The second-order valence-electron chi connectivity index (χ2n) is 9.03. The monoisotopic (exact) mass is 508 g/mol. The summed E-state index contributed by atoms with van der Waals surface area (Å²) in [6, 6.07) is 3.88. The van der Waals surface area contributed by atoms with Crippen LogP contribution in [0.5, 0.6) is 0 Å². The molecule has 0 aromatic heterocycles. The molecule has 2 rings (SSSR count). The lowest BCUT2D eigenvalue weighted by molar-refractivity contribution is -0.154. The molecular formula is C23H28N2O11. The molecule has 4 atom stereocenters. The van der Waals surface area contributed by atoms with Crippen LogP contribution in [0.2, 0.25) is 0 Å². The molecule has 1 fully saturated rings. The van der Waals surface area contributed by atoms with Gasteiger partial charge in [-0.25, -0.2) is 4.79 Å². The molecule has 0 spiro atoms.